The summed E-state index contributed by atoms with van der Waals surface area (Å²) in [4.78, 5) is 0. The van der Waals surface area contributed by atoms with Gasteiger partial charge in [0.25, 0.3) is 0 Å². The first kappa shape index (κ1) is 12.5. The van der Waals surface area contributed by atoms with Crippen LogP contribution in [-0.4, -0.2) is 7.11 Å². The fourth-order valence-electron chi connectivity index (χ4n) is 2.63. The van der Waals surface area contributed by atoms with Gasteiger partial charge in [-0.3, -0.25) is 0 Å². The number of hydrogen-bond donors (Lipinski definition) is 0. The molecule has 0 spiro atoms. The van der Waals surface area contributed by atoms with E-state index in [9.17, 15) is 0 Å². The fourth-order valence-corrected chi connectivity index (χ4v) is 2.63. The maximum absolute atomic E-state index is 5.62. The molecule has 0 amide bonds. The number of rotatable bonds is 1. The SMILES string of the molecule is COc1c2cc(C(C)(C)C)cc1CCCCC2. The Hall–Kier alpha value is -0.980. The first-order chi connectivity index (χ1) is 8.02. The van der Waals surface area contributed by atoms with Crippen LogP contribution in [0.1, 0.15) is 56.7 Å². The molecule has 0 aliphatic heterocycles. The second kappa shape index (κ2) is 4.72. The zero-order valence-corrected chi connectivity index (χ0v) is 11.6. The van der Waals surface area contributed by atoms with E-state index in [1.807, 2.05) is 0 Å². The Labute approximate surface area is 105 Å². The predicted molar refractivity (Wildman–Crippen MR) is 73.0 cm³/mol. The van der Waals surface area contributed by atoms with Crippen molar-refractivity contribution in [3.05, 3.63) is 28.8 Å². The van der Waals surface area contributed by atoms with Crippen LogP contribution in [0.15, 0.2) is 12.1 Å². The smallest absolute Gasteiger partial charge is 0.125 e. The van der Waals surface area contributed by atoms with E-state index in [4.69, 9.17) is 4.74 Å². The van der Waals surface area contributed by atoms with Crippen molar-refractivity contribution in [1.82, 2.24) is 0 Å². The summed E-state index contributed by atoms with van der Waals surface area (Å²) in [6.45, 7) is 6.86. The lowest BCUT2D eigenvalue weighted by Crippen LogP contribution is -2.14. The van der Waals surface area contributed by atoms with Crippen molar-refractivity contribution in [2.45, 2.75) is 58.3 Å². The Balaban J connectivity index is 2.52. The highest BCUT2D eigenvalue weighted by Gasteiger charge is 2.20. The van der Waals surface area contributed by atoms with Crippen molar-refractivity contribution in [2.24, 2.45) is 0 Å². The van der Waals surface area contributed by atoms with Gasteiger partial charge in [0.15, 0.2) is 0 Å². The molecule has 94 valence electrons. The van der Waals surface area contributed by atoms with E-state index >= 15 is 0 Å². The minimum absolute atomic E-state index is 0.231. The maximum Gasteiger partial charge on any atom is 0.125 e. The molecule has 17 heavy (non-hydrogen) atoms. The van der Waals surface area contributed by atoms with Crippen molar-refractivity contribution in [1.29, 1.82) is 0 Å². The van der Waals surface area contributed by atoms with Crippen molar-refractivity contribution < 1.29 is 4.74 Å². The molecule has 0 heterocycles. The Morgan fingerprint density at radius 2 is 1.47 bits per heavy atom. The summed E-state index contributed by atoms with van der Waals surface area (Å²) in [6, 6.07) is 4.71. The van der Waals surface area contributed by atoms with Crippen LogP contribution in [0.4, 0.5) is 0 Å². The molecule has 2 bridgehead atoms. The van der Waals surface area contributed by atoms with E-state index in [0.717, 1.165) is 5.75 Å². The zero-order valence-electron chi connectivity index (χ0n) is 11.6. The summed E-state index contributed by atoms with van der Waals surface area (Å²) < 4.78 is 5.62. The summed E-state index contributed by atoms with van der Waals surface area (Å²) in [5.74, 6) is 1.15. The Morgan fingerprint density at radius 1 is 0.941 bits per heavy atom. The molecule has 0 unspecified atom stereocenters. The molecule has 0 atom stereocenters. The maximum atomic E-state index is 5.62. The molecule has 1 aliphatic carbocycles. The van der Waals surface area contributed by atoms with Gasteiger partial charge in [-0.15, -0.1) is 0 Å². The molecular weight excluding hydrogens is 208 g/mol. The predicted octanol–water partition coefficient (Wildman–Crippen LogP) is 4.26. The van der Waals surface area contributed by atoms with Crippen molar-refractivity contribution in [3.8, 4) is 5.75 Å². The largest absolute Gasteiger partial charge is 0.496 e. The van der Waals surface area contributed by atoms with Crippen LogP contribution in [0.25, 0.3) is 0 Å². The number of hydrogen-bond acceptors (Lipinski definition) is 1. The van der Waals surface area contributed by atoms with E-state index in [1.165, 1.54) is 48.8 Å². The molecule has 0 N–H and O–H groups in total. The monoisotopic (exact) mass is 232 g/mol. The van der Waals surface area contributed by atoms with Crippen LogP contribution in [0.5, 0.6) is 5.75 Å². The second-order valence-corrected chi connectivity index (χ2v) is 6.14. The lowest BCUT2D eigenvalue weighted by molar-refractivity contribution is 0.399. The number of methoxy groups -OCH3 is 1. The molecule has 1 nitrogen and oxygen atoms in total. The summed E-state index contributed by atoms with van der Waals surface area (Å²) >= 11 is 0. The molecule has 0 fully saturated rings. The minimum Gasteiger partial charge on any atom is -0.496 e. The number of benzene rings is 1. The van der Waals surface area contributed by atoms with Crippen LogP contribution < -0.4 is 4.74 Å². The van der Waals surface area contributed by atoms with Crippen LogP contribution in [0.3, 0.4) is 0 Å². The second-order valence-electron chi connectivity index (χ2n) is 6.14. The molecule has 0 radical (unpaired) electrons. The van der Waals surface area contributed by atoms with Gasteiger partial charge in [-0.05, 0) is 47.8 Å². The third-order valence-corrected chi connectivity index (χ3v) is 3.71. The van der Waals surface area contributed by atoms with Crippen molar-refractivity contribution in [3.63, 3.8) is 0 Å². The van der Waals surface area contributed by atoms with E-state index in [-0.39, 0.29) is 5.41 Å². The molecule has 2 rings (SSSR count). The summed E-state index contributed by atoms with van der Waals surface area (Å²) in [5.41, 5.74) is 4.50. The molecule has 1 heteroatoms. The highest BCUT2D eigenvalue weighted by Crippen LogP contribution is 2.35. The highest BCUT2D eigenvalue weighted by atomic mass is 16.5. The standard InChI is InChI=1S/C16H24O/c1-16(2,3)14-10-12-8-6-5-7-9-13(11-14)15(12)17-4/h10-11H,5-9H2,1-4H3. The van der Waals surface area contributed by atoms with Gasteiger partial charge in [0, 0.05) is 0 Å². The van der Waals surface area contributed by atoms with Gasteiger partial charge in [-0.1, -0.05) is 39.3 Å². The van der Waals surface area contributed by atoms with Gasteiger partial charge < -0.3 is 4.74 Å². The summed E-state index contributed by atoms with van der Waals surface area (Å²) in [6.07, 6.45) is 6.27. The Bertz CT molecular complexity index is 371. The first-order valence-corrected chi connectivity index (χ1v) is 6.72. The number of ether oxygens (including phenoxy) is 1. The van der Waals surface area contributed by atoms with E-state index in [0.29, 0.717) is 0 Å². The third-order valence-electron chi connectivity index (χ3n) is 3.71. The molecule has 0 saturated carbocycles. The van der Waals surface area contributed by atoms with Crippen molar-refractivity contribution >= 4 is 0 Å². The molecule has 1 aromatic rings. The van der Waals surface area contributed by atoms with Gasteiger partial charge >= 0.3 is 0 Å². The summed E-state index contributed by atoms with van der Waals surface area (Å²) in [5, 5.41) is 0. The first-order valence-electron chi connectivity index (χ1n) is 6.72. The van der Waals surface area contributed by atoms with Gasteiger partial charge in [0.05, 0.1) is 7.11 Å². The molecular formula is C16H24O. The lowest BCUT2D eigenvalue weighted by atomic mass is 9.82. The van der Waals surface area contributed by atoms with Crippen molar-refractivity contribution in [2.75, 3.05) is 7.11 Å². The molecule has 1 aromatic carbocycles. The van der Waals surface area contributed by atoms with Crippen LogP contribution in [0, 0.1) is 0 Å². The number of aryl methyl sites for hydroxylation is 2. The van der Waals surface area contributed by atoms with Crippen LogP contribution in [0.2, 0.25) is 0 Å². The molecule has 0 aromatic heterocycles. The number of fused-ring (bicyclic) bond motifs is 2. The Kier molecular flexibility index (Phi) is 3.46. The third kappa shape index (κ3) is 2.65. The minimum atomic E-state index is 0.231. The topological polar surface area (TPSA) is 9.23 Å². The fraction of sp³-hybridized carbons (Fsp3) is 0.625. The summed E-state index contributed by atoms with van der Waals surface area (Å²) in [7, 11) is 1.81. The van der Waals surface area contributed by atoms with Crippen LogP contribution in [-0.2, 0) is 18.3 Å². The van der Waals surface area contributed by atoms with Gasteiger partial charge in [-0.25, -0.2) is 0 Å². The normalized spacial score (nSPS) is 16.2. The van der Waals surface area contributed by atoms with E-state index < -0.39 is 0 Å². The molecule has 1 aliphatic rings. The Morgan fingerprint density at radius 3 is 1.88 bits per heavy atom. The average Bonchev–Trinajstić information content (AvgIpc) is 2.25. The van der Waals surface area contributed by atoms with Gasteiger partial charge in [0.2, 0.25) is 0 Å². The molecule has 0 saturated heterocycles. The lowest BCUT2D eigenvalue weighted by Gasteiger charge is -2.25. The van der Waals surface area contributed by atoms with Gasteiger partial charge in [-0.2, -0.15) is 0 Å². The highest BCUT2D eigenvalue weighted by molar-refractivity contribution is 5.47. The quantitative estimate of drug-likeness (QED) is 0.703. The van der Waals surface area contributed by atoms with E-state index in [1.54, 1.807) is 7.11 Å². The average molecular weight is 232 g/mol. The van der Waals surface area contributed by atoms with Gasteiger partial charge in [0.1, 0.15) is 5.75 Å². The van der Waals surface area contributed by atoms with Crippen LogP contribution >= 0.6 is 0 Å². The zero-order chi connectivity index (χ0) is 12.5. The van der Waals surface area contributed by atoms with E-state index in [2.05, 4.69) is 32.9 Å².